The number of Topliss-reactive ketones (excluding diaryl/α,β-unsaturated/α-hetero) is 1. The highest BCUT2D eigenvalue weighted by molar-refractivity contribution is 6.00. The van der Waals surface area contributed by atoms with Gasteiger partial charge in [-0.15, -0.1) is 0 Å². The van der Waals surface area contributed by atoms with E-state index in [-0.39, 0.29) is 17.6 Å². The number of carbonyl (C=O) groups excluding carboxylic acids is 1. The van der Waals surface area contributed by atoms with Crippen LogP contribution in [0, 0.1) is 5.82 Å². The molecular weight excluding hydrogens is 267 g/mol. The Morgan fingerprint density at radius 1 is 1.24 bits per heavy atom. The zero-order valence-corrected chi connectivity index (χ0v) is 12.2. The van der Waals surface area contributed by atoms with Gasteiger partial charge in [-0.1, -0.05) is 12.1 Å². The maximum Gasteiger partial charge on any atom is 0.161 e. The van der Waals surface area contributed by atoms with E-state index in [1.54, 1.807) is 24.3 Å². The molecule has 0 spiro atoms. The molecule has 0 saturated carbocycles. The maximum absolute atomic E-state index is 12.9. The summed E-state index contributed by atoms with van der Waals surface area (Å²) in [5.41, 5.74) is 8.69. The van der Waals surface area contributed by atoms with Crippen LogP contribution < -0.4 is 11.1 Å². The van der Waals surface area contributed by atoms with Crippen LogP contribution in [0.15, 0.2) is 42.5 Å². The Morgan fingerprint density at radius 2 is 1.90 bits per heavy atom. The molecule has 4 heteroatoms. The van der Waals surface area contributed by atoms with Crippen molar-refractivity contribution in [1.82, 2.24) is 0 Å². The minimum Gasteiger partial charge on any atom is -0.398 e. The van der Waals surface area contributed by atoms with Gasteiger partial charge in [0, 0.05) is 23.0 Å². The molecule has 0 amide bonds. The lowest BCUT2D eigenvalue weighted by molar-refractivity contribution is 0.101. The molecule has 0 radical (unpaired) electrons. The Hall–Kier alpha value is -2.36. The number of halogens is 1. The second-order valence-electron chi connectivity index (χ2n) is 5.23. The van der Waals surface area contributed by atoms with Crippen LogP contribution in [-0.2, 0) is 6.42 Å². The first-order chi connectivity index (χ1) is 9.95. The first-order valence-electron chi connectivity index (χ1n) is 6.87. The van der Waals surface area contributed by atoms with Gasteiger partial charge in [-0.05, 0) is 56.2 Å². The highest BCUT2D eigenvalue weighted by atomic mass is 19.1. The summed E-state index contributed by atoms with van der Waals surface area (Å²) in [6.07, 6.45) is 0.764. The lowest BCUT2D eigenvalue weighted by Gasteiger charge is -2.16. The number of hydrogen-bond acceptors (Lipinski definition) is 3. The quantitative estimate of drug-likeness (QED) is 0.651. The summed E-state index contributed by atoms with van der Waals surface area (Å²) in [5.74, 6) is -0.286. The van der Waals surface area contributed by atoms with E-state index in [1.807, 2.05) is 13.0 Å². The second-order valence-corrected chi connectivity index (χ2v) is 5.23. The Bertz CT molecular complexity index is 638. The molecule has 21 heavy (non-hydrogen) atoms. The first kappa shape index (κ1) is 15.0. The molecule has 1 unspecified atom stereocenters. The van der Waals surface area contributed by atoms with Crippen molar-refractivity contribution in [2.75, 3.05) is 11.1 Å². The van der Waals surface area contributed by atoms with Crippen LogP contribution in [-0.4, -0.2) is 11.8 Å². The number of rotatable bonds is 5. The van der Waals surface area contributed by atoms with Crippen LogP contribution in [0.25, 0.3) is 0 Å². The third-order valence-corrected chi connectivity index (χ3v) is 3.30. The fourth-order valence-electron chi connectivity index (χ4n) is 2.26. The van der Waals surface area contributed by atoms with Crippen molar-refractivity contribution in [3.8, 4) is 0 Å². The van der Waals surface area contributed by atoms with Crippen LogP contribution >= 0.6 is 0 Å². The predicted molar refractivity (Wildman–Crippen MR) is 84.0 cm³/mol. The van der Waals surface area contributed by atoms with E-state index in [0.717, 1.165) is 17.7 Å². The van der Waals surface area contributed by atoms with Gasteiger partial charge in [-0.2, -0.15) is 0 Å². The van der Waals surface area contributed by atoms with Crippen molar-refractivity contribution in [1.29, 1.82) is 0 Å². The third kappa shape index (κ3) is 4.05. The van der Waals surface area contributed by atoms with Crippen LogP contribution in [0.2, 0.25) is 0 Å². The van der Waals surface area contributed by atoms with Crippen LogP contribution in [0.4, 0.5) is 15.8 Å². The van der Waals surface area contributed by atoms with Crippen molar-refractivity contribution >= 4 is 17.2 Å². The zero-order chi connectivity index (χ0) is 15.4. The van der Waals surface area contributed by atoms with Gasteiger partial charge < -0.3 is 11.1 Å². The predicted octanol–water partition coefficient (Wildman–Crippen LogP) is 3.65. The van der Waals surface area contributed by atoms with E-state index < -0.39 is 0 Å². The highest BCUT2D eigenvalue weighted by Crippen LogP contribution is 2.19. The molecule has 0 bridgehead atoms. The van der Waals surface area contributed by atoms with Crippen molar-refractivity contribution in [3.05, 3.63) is 59.4 Å². The number of nitrogens with two attached hydrogens (primary N) is 1. The average Bonchev–Trinajstić information content (AvgIpc) is 2.43. The summed E-state index contributed by atoms with van der Waals surface area (Å²) in [6, 6.07) is 12.0. The molecule has 0 fully saturated rings. The highest BCUT2D eigenvalue weighted by Gasteiger charge is 2.08. The number of carbonyl (C=O) groups is 1. The minimum absolute atomic E-state index is 0.0534. The van der Waals surface area contributed by atoms with Gasteiger partial charge in [0.15, 0.2) is 5.78 Å². The van der Waals surface area contributed by atoms with Crippen molar-refractivity contribution in [3.63, 3.8) is 0 Å². The molecule has 3 N–H and O–H groups in total. The van der Waals surface area contributed by atoms with Crippen LogP contribution in [0.3, 0.4) is 0 Å². The molecule has 0 saturated heterocycles. The first-order valence-corrected chi connectivity index (χ1v) is 6.87. The molecule has 1 atom stereocenters. The normalized spacial score (nSPS) is 12.0. The maximum atomic E-state index is 12.9. The van der Waals surface area contributed by atoms with Gasteiger partial charge in [0.2, 0.25) is 0 Å². The summed E-state index contributed by atoms with van der Waals surface area (Å²) in [5, 5.41) is 3.33. The summed E-state index contributed by atoms with van der Waals surface area (Å²) >= 11 is 0. The summed E-state index contributed by atoms with van der Waals surface area (Å²) in [4.78, 5) is 11.5. The Balaban J connectivity index is 2.05. The second kappa shape index (κ2) is 6.39. The molecule has 0 aliphatic rings. The van der Waals surface area contributed by atoms with E-state index in [4.69, 9.17) is 5.73 Å². The average molecular weight is 286 g/mol. The monoisotopic (exact) mass is 286 g/mol. The number of benzene rings is 2. The lowest BCUT2D eigenvalue weighted by atomic mass is 10.1. The molecule has 0 aliphatic heterocycles. The molecule has 2 rings (SSSR count). The molecule has 2 aromatic carbocycles. The van der Waals surface area contributed by atoms with Crippen molar-refractivity contribution in [2.24, 2.45) is 0 Å². The smallest absolute Gasteiger partial charge is 0.161 e. The van der Waals surface area contributed by atoms with Crippen molar-refractivity contribution < 1.29 is 9.18 Å². The Labute approximate surface area is 124 Å². The zero-order valence-electron chi connectivity index (χ0n) is 12.2. The molecule has 110 valence electrons. The van der Waals surface area contributed by atoms with E-state index in [9.17, 15) is 9.18 Å². The summed E-state index contributed by atoms with van der Waals surface area (Å²) in [7, 11) is 0. The largest absolute Gasteiger partial charge is 0.398 e. The SMILES string of the molecule is CC(=O)c1cc(NC(C)Cc2ccc(F)cc2)ccc1N. The molecule has 3 nitrogen and oxygen atoms in total. The lowest BCUT2D eigenvalue weighted by Crippen LogP contribution is -2.18. The van der Waals surface area contributed by atoms with E-state index >= 15 is 0 Å². The van der Waals surface area contributed by atoms with Crippen LogP contribution in [0.5, 0.6) is 0 Å². The Kier molecular flexibility index (Phi) is 4.58. The number of hydrogen-bond donors (Lipinski definition) is 2. The fourth-order valence-corrected chi connectivity index (χ4v) is 2.26. The van der Waals surface area contributed by atoms with E-state index in [1.165, 1.54) is 19.1 Å². The number of anilines is 2. The summed E-state index contributed by atoms with van der Waals surface area (Å²) < 4.78 is 12.9. The van der Waals surface area contributed by atoms with Crippen molar-refractivity contribution in [2.45, 2.75) is 26.3 Å². The topological polar surface area (TPSA) is 55.1 Å². The molecule has 0 heterocycles. The van der Waals surface area contributed by atoms with Gasteiger partial charge in [0.1, 0.15) is 5.82 Å². The standard InChI is InChI=1S/C17H19FN2O/c1-11(9-13-3-5-14(18)6-4-13)20-15-7-8-17(19)16(10-15)12(2)21/h3-8,10-11,20H,9,19H2,1-2H3. The molecule has 0 aliphatic carbocycles. The molecular formula is C17H19FN2O. The van der Waals surface area contributed by atoms with Crippen LogP contribution in [0.1, 0.15) is 29.8 Å². The number of ketones is 1. The summed E-state index contributed by atoms with van der Waals surface area (Å²) in [6.45, 7) is 3.53. The van der Waals surface area contributed by atoms with Gasteiger partial charge >= 0.3 is 0 Å². The number of nitrogen functional groups attached to an aromatic ring is 1. The fraction of sp³-hybridized carbons (Fsp3) is 0.235. The minimum atomic E-state index is -0.232. The van der Waals surface area contributed by atoms with Gasteiger partial charge in [-0.25, -0.2) is 4.39 Å². The van der Waals surface area contributed by atoms with Gasteiger partial charge in [0.05, 0.1) is 0 Å². The van der Waals surface area contributed by atoms with Gasteiger partial charge in [0.25, 0.3) is 0 Å². The van der Waals surface area contributed by atoms with Gasteiger partial charge in [-0.3, -0.25) is 4.79 Å². The molecule has 2 aromatic rings. The third-order valence-electron chi connectivity index (χ3n) is 3.30. The van der Waals surface area contributed by atoms with E-state index in [0.29, 0.717) is 11.3 Å². The Morgan fingerprint density at radius 3 is 2.52 bits per heavy atom. The molecule has 0 aromatic heterocycles. The number of nitrogens with one attached hydrogen (secondary N) is 1. The van der Waals surface area contributed by atoms with E-state index in [2.05, 4.69) is 5.32 Å².